The van der Waals surface area contributed by atoms with Gasteiger partial charge in [-0.1, -0.05) is 0 Å². The van der Waals surface area contributed by atoms with E-state index in [1.165, 1.54) is 6.92 Å². The standard InChI is InChI=1S/C9H16O5/c1-7(10)9(13)14-6-4-2-3-5-8(11)12/h7,10H,2-6H2,1H3,(H,11,12). The number of ether oxygens (including phenoxy) is 1. The molecule has 0 spiro atoms. The maximum atomic E-state index is 10.7. The molecule has 1 unspecified atom stereocenters. The van der Waals surface area contributed by atoms with E-state index < -0.39 is 18.0 Å². The van der Waals surface area contributed by atoms with Crippen molar-refractivity contribution in [2.45, 2.75) is 38.7 Å². The Morgan fingerprint density at radius 3 is 2.43 bits per heavy atom. The van der Waals surface area contributed by atoms with E-state index in [0.29, 0.717) is 19.3 Å². The number of aliphatic hydroxyl groups excluding tert-OH is 1. The summed E-state index contributed by atoms with van der Waals surface area (Å²) in [6.07, 6.45) is 0.978. The Morgan fingerprint density at radius 1 is 1.29 bits per heavy atom. The quantitative estimate of drug-likeness (QED) is 0.467. The molecule has 0 radical (unpaired) electrons. The summed E-state index contributed by atoms with van der Waals surface area (Å²) in [4.78, 5) is 20.8. The van der Waals surface area contributed by atoms with Gasteiger partial charge in [0.2, 0.25) is 0 Å². The number of rotatable bonds is 7. The van der Waals surface area contributed by atoms with Crippen LogP contribution in [0, 0.1) is 0 Å². The number of aliphatic hydroxyl groups is 1. The van der Waals surface area contributed by atoms with E-state index in [4.69, 9.17) is 10.2 Å². The predicted molar refractivity (Wildman–Crippen MR) is 48.7 cm³/mol. The van der Waals surface area contributed by atoms with Crippen molar-refractivity contribution in [1.29, 1.82) is 0 Å². The molecule has 0 bridgehead atoms. The molecule has 2 N–H and O–H groups in total. The summed E-state index contributed by atoms with van der Waals surface area (Å²) in [6.45, 7) is 1.58. The lowest BCUT2D eigenvalue weighted by molar-refractivity contribution is -0.152. The summed E-state index contributed by atoms with van der Waals surface area (Å²) in [6, 6.07) is 0. The third-order valence-electron chi connectivity index (χ3n) is 1.62. The van der Waals surface area contributed by atoms with Crippen molar-refractivity contribution in [2.75, 3.05) is 6.61 Å². The highest BCUT2D eigenvalue weighted by Gasteiger charge is 2.08. The van der Waals surface area contributed by atoms with Crippen LogP contribution in [0.3, 0.4) is 0 Å². The molecule has 82 valence electrons. The van der Waals surface area contributed by atoms with Gasteiger partial charge < -0.3 is 14.9 Å². The zero-order chi connectivity index (χ0) is 11.0. The van der Waals surface area contributed by atoms with Crippen molar-refractivity contribution < 1.29 is 24.5 Å². The van der Waals surface area contributed by atoms with Crippen molar-refractivity contribution in [1.82, 2.24) is 0 Å². The van der Waals surface area contributed by atoms with Crippen LogP contribution in [0.25, 0.3) is 0 Å². The van der Waals surface area contributed by atoms with Gasteiger partial charge in [-0.05, 0) is 26.2 Å². The highest BCUT2D eigenvalue weighted by atomic mass is 16.5. The summed E-state index contributed by atoms with van der Waals surface area (Å²) < 4.78 is 4.67. The number of carbonyl (C=O) groups excluding carboxylic acids is 1. The van der Waals surface area contributed by atoms with Crippen molar-refractivity contribution in [3.05, 3.63) is 0 Å². The molecule has 0 rings (SSSR count). The van der Waals surface area contributed by atoms with E-state index >= 15 is 0 Å². The molecule has 14 heavy (non-hydrogen) atoms. The molecule has 0 heterocycles. The molecule has 1 atom stereocenters. The van der Waals surface area contributed by atoms with Crippen LogP contribution in [0.15, 0.2) is 0 Å². The topological polar surface area (TPSA) is 83.8 Å². The number of carbonyl (C=O) groups is 2. The lowest BCUT2D eigenvalue weighted by atomic mass is 10.2. The molecule has 0 amide bonds. The van der Waals surface area contributed by atoms with E-state index in [1.54, 1.807) is 0 Å². The normalized spacial score (nSPS) is 12.1. The van der Waals surface area contributed by atoms with Crippen LogP contribution >= 0.6 is 0 Å². The highest BCUT2D eigenvalue weighted by molar-refractivity contribution is 5.73. The van der Waals surface area contributed by atoms with Crippen LogP contribution in [-0.4, -0.2) is 34.9 Å². The van der Waals surface area contributed by atoms with Crippen LogP contribution in [0.2, 0.25) is 0 Å². The first-order chi connectivity index (χ1) is 6.54. The zero-order valence-electron chi connectivity index (χ0n) is 8.23. The Hall–Kier alpha value is -1.10. The van der Waals surface area contributed by atoms with Gasteiger partial charge in [0.1, 0.15) is 6.10 Å². The van der Waals surface area contributed by atoms with Crippen LogP contribution in [0.1, 0.15) is 32.6 Å². The molecule has 0 aliphatic carbocycles. The zero-order valence-corrected chi connectivity index (χ0v) is 8.23. The van der Waals surface area contributed by atoms with Crippen molar-refractivity contribution in [3.8, 4) is 0 Å². The highest BCUT2D eigenvalue weighted by Crippen LogP contribution is 2.00. The first-order valence-corrected chi connectivity index (χ1v) is 4.60. The molecule has 0 aromatic heterocycles. The van der Waals surface area contributed by atoms with Crippen molar-refractivity contribution in [3.63, 3.8) is 0 Å². The Kier molecular flexibility index (Phi) is 6.74. The molecular formula is C9H16O5. The molecule has 0 saturated heterocycles. The van der Waals surface area contributed by atoms with Gasteiger partial charge in [-0.3, -0.25) is 4.79 Å². The average molecular weight is 204 g/mol. The maximum absolute atomic E-state index is 10.7. The second kappa shape index (κ2) is 7.32. The third kappa shape index (κ3) is 7.54. The van der Waals surface area contributed by atoms with E-state index in [0.717, 1.165) is 0 Å². The Balaban J connectivity index is 3.22. The number of esters is 1. The minimum Gasteiger partial charge on any atom is -0.481 e. The van der Waals surface area contributed by atoms with Crippen LogP contribution in [0.5, 0.6) is 0 Å². The second-order valence-corrected chi connectivity index (χ2v) is 3.05. The summed E-state index contributed by atoms with van der Waals surface area (Å²) in [5, 5.41) is 17.1. The number of aliphatic carboxylic acids is 1. The number of carboxylic acid groups (broad SMARTS) is 1. The number of unbranched alkanes of at least 4 members (excludes halogenated alkanes) is 2. The van der Waals surface area contributed by atoms with Crippen molar-refractivity contribution >= 4 is 11.9 Å². The fourth-order valence-corrected chi connectivity index (χ4v) is 0.848. The summed E-state index contributed by atoms with van der Waals surface area (Å²) in [7, 11) is 0. The minimum absolute atomic E-state index is 0.143. The number of hydrogen-bond donors (Lipinski definition) is 2. The molecular weight excluding hydrogens is 188 g/mol. The van der Waals surface area contributed by atoms with Gasteiger partial charge in [0, 0.05) is 6.42 Å². The fourth-order valence-electron chi connectivity index (χ4n) is 0.848. The Labute approximate surface area is 82.7 Å². The molecule has 5 nitrogen and oxygen atoms in total. The van der Waals surface area contributed by atoms with Gasteiger partial charge in [0.15, 0.2) is 0 Å². The van der Waals surface area contributed by atoms with Crippen LogP contribution in [0.4, 0.5) is 0 Å². The van der Waals surface area contributed by atoms with Gasteiger partial charge in [-0.25, -0.2) is 4.79 Å². The lowest BCUT2D eigenvalue weighted by Gasteiger charge is -2.05. The summed E-state index contributed by atoms with van der Waals surface area (Å²) in [5.41, 5.74) is 0. The Bertz CT molecular complexity index is 188. The van der Waals surface area contributed by atoms with E-state index in [2.05, 4.69) is 4.74 Å². The smallest absolute Gasteiger partial charge is 0.334 e. The van der Waals surface area contributed by atoms with Gasteiger partial charge in [0.25, 0.3) is 0 Å². The molecule has 0 aliphatic rings. The largest absolute Gasteiger partial charge is 0.481 e. The number of hydrogen-bond acceptors (Lipinski definition) is 4. The number of carboxylic acids is 1. The summed E-state index contributed by atoms with van der Waals surface area (Å²) in [5.74, 6) is -1.45. The van der Waals surface area contributed by atoms with E-state index in [9.17, 15) is 9.59 Å². The van der Waals surface area contributed by atoms with Crippen LogP contribution in [-0.2, 0) is 14.3 Å². The fraction of sp³-hybridized carbons (Fsp3) is 0.778. The van der Waals surface area contributed by atoms with Gasteiger partial charge in [-0.2, -0.15) is 0 Å². The SMILES string of the molecule is CC(O)C(=O)OCCCCCC(=O)O. The van der Waals surface area contributed by atoms with Crippen LogP contribution < -0.4 is 0 Å². The molecule has 0 aliphatic heterocycles. The second-order valence-electron chi connectivity index (χ2n) is 3.05. The predicted octanol–water partition coefficient (Wildman–Crippen LogP) is 0.555. The molecule has 0 aromatic carbocycles. The summed E-state index contributed by atoms with van der Waals surface area (Å²) >= 11 is 0. The first-order valence-electron chi connectivity index (χ1n) is 4.60. The van der Waals surface area contributed by atoms with Crippen molar-refractivity contribution in [2.24, 2.45) is 0 Å². The molecule has 0 saturated carbocycles. The Morgan fingerprint density at radius 2 is 1.93 bits per heavy atom. The molecule has 5 heteroatoms. The monoisotopic (exact) mass is 204 g/mol. The van der Waals surface area contributed by atoms with Gasteiger partial charge in [-0.15, -0.1) is 0 Å². The molecule has 0 aromatic rings. The lowest BCUT2D eigenvalue weighted by Crippen LogP contribution is -2.19. The van der Waals surface area contributed by atoms with E-state index in [1.807, 2.05) is 0 Å². The maximum Gasteiger partial charge on any atom is 0.334 e. The van der Waals surface area contributed by atoms with E-state index in [-0.39, 0.29) is 13.0 Å². The van der Waals surface area contributed by atoms with Gasteiger partial charge in [0.05, 0.1) is 6.61 Å². The minimum atomic E-state index is -1.09. The first kappa shape index (κ1) is 12.9. The van der Waals surface area contributed by atoms with Gasteiger partial charge >= 0.3 is 11.9 Å². The average Bonchev–Trinajstić information content (AvgIpc) is 2.09. The third-order valence-corrected chi connectivity index (χ3v) is 1.62. The molecule has 0 fully saturated rings.